The van der Waals surface area contributed by atoms with Gasteiger partial charge in [-0.15, -0.1) is 0 Å². The summed E-state index contributed by atoms with van der Waals surface area (Å²) in [5.74, 6) is 0.100. The number of hydrogen-bond acceptors (Lipinski definition) is 2. The molecule has 0 radical (unpaired) electrons. The highest BCUT2D eigenvalue weighted by molar-refractivity contribution is 6.14. The molecule has 1 aromatic heterocycles. The van der Waals surface area contributed by atoms with Gasteiger partial charge in [0.2, 0.25) is 0 Å². The van der Waals surface area contributed by atoms with E-state index in [2.05, 4.69) is 4.98 Å². The van der Waals surface area contributed by atoms with Crippen LogP contribution in [0.25, 0.3) is 21.8 Å². The van der Waals surface area contributed by atoms with Crippen LogP contribution in [0.3, 0.4) is 0 Å². The molecule has 100 valence electrons. The number of carbonyl (C=O) groups excluding carboxylic acids is 2. The SMILES string of the molecule is CC(=O)c1ccc2[nH]c3ccc(C(C)=O)c(C)c3c2c1. The molecule has 0 saturated carbocycles. The maximum absolute atomic E-state index is 11.7. The van der Waals surface area contributed by atoms with E-state index in [9.17, 15) is 9.59 Å². The monoisotopic (exact) mass is 265 g/mol. The summed E-state index contributed by atoms with van der Waals surface area (Å²) in [6.07, 6.45) is 0. The van der Waals surface area contributed by atoms with Gasteiger partial charge in [-0.3, -0.25) is 9.59 Å². The third kappa shape index (κ3) is 1.74. The summed E-state index contributed by atoms with van der Waals surface area (Å²) < 4.78 is 0. The molecular weight excluding hydrogens is 250 g/mol. The van der Waals surface area contributed by atoms with Crippen molar-refractivity contribution in [2.24, 2.45) is 0 Å². The zero-order chi connectivity index (χ0) is 14.4. The lowest BCUT2D eigenvalue weighted by Crippen LogP contribution is -1.96. The third-order valence-corrected chi connectivity index (χ3v) is 3.81. The van der Waals surface area contributed by atoms with Gasteiger partial charge in [0.25, 0.3) is 0 Å². The van der Waals surface area contributed by atoms with Gasteiger partial charge in [-0.25, -0.2) is 0 Å². The van der Waals surface area contributed by atoms with Crippen molar-refractivity contribution in [1.82, 2.24) is 4.98 Å². The molecule has 0 saturated heterocycles. The van der Waals surface area contributed by atoms with Crippen LogP contribution in [0.15, 0.2) is 30.3 Å². The Hall–Kier alpha value is -2.42. The van der Waals surface area contributed by atoms with Crippen LogP contribution in [0.2, 0.25) is 0 Å². The van der Waals surface area contributed by atoms with Crippen LogP contribution in [0.5, 0.6) is 0 Å². The van der Waals surface area contributed by atoms with Crippen LogP contribution in [0, 0.1) is 6.92 Å². The Morgan fingerprint density at radius 2 is 1.65 bits per heavy atom. The number of ketones is 2. The molecule has 3 rings (SSSR count). The van der Waals surface area contributed by atoms with Crippen molar-refractivity contribution >= 4 is 33.4 Å². The molecule has 3 heteroatoms. The van der Waals surface area contributed by atoms with Gasteiger partial charge in [0.1, 0.15) is 0 Å². The minimum absolute atomic E-state index is 0.0432. The van der Waals surface area contributed by atoms with E-state index in [0.717, 1.165) is 32.9 Å². The number of carbonyl (C=O) groups is 2. The van der Waals surface area contributed by atoms with Crippen LogP contribution < -0.4 is 0 Å². The zero-order valence-corrected chi connectivity index (χ0v) is 11.7. The van der Waals surface area contributed by atoms with E-state index in [4.69, 9.17) is 0 Å². The number of fused-ring (bicyclic) bond motifs is 3. The fraction of sp³-hybridized carbons (Fsp3) is 0.176. The maximum atomic E-state index is 11.7. The van der Waals surface area contributed by atoms with E-state index in [-0.39, 0.29) is 11.6 Å². The highest BCUT2D eigenvalue weighted by Crippen LogP contribution is 2.31. The first-order valence-corrected chi connectivity index (χ1v) is 6.56. The highest BCUT2D eigenvalue weighted by atomic mass is 16.1. The van der Waals surface area contributed by atoms with Gasteiger partial charge in [-0.2, -0.15) is 0 Å². The number of hydrogen-bond donors (Lipinski definition) is 1. The van der Waals surface area contributed by atoms with Crippen LogP contribution in [-0.4, -0.2) is 16.6 Å². The predicted octanol–water partition coefficient (Wildman–Crippen LogP) is 4.03. The van der Waals surface area contributed by atoms with Crippen molar-refractivity contribution in [2.75, 3.05) is 0 Å². The lowest BCUT2D eigenvalue weighted by molar-refractivity contribution is 0.100. The molecule has 0 aliphatic rings. The van der Waals surface area contributed by atoms with Gasteiger partial charge in [0, 0.05) is 32.9 Å². The second kappa shape index (κ2) is 4.30. The number of aryl methyl sites for hydroxylation is 1. The van der Waals surface area contributed by atoms with E-state index < -0.39 is 0 Å². The molecule has 2 aromatic carbocycles. The minimum Gasteiger partial charge on any atom is -0.355 e. The fourth-order valence-corrected chi connectivity index (χ4v) is 2.77. The molecule has 1 heterocycles. The zero-order valence-electron chi connectivity index (χ0n) is 11.7. The molecule has 0 fully saturated rings. The van der Waals surface area contributed by atoms with Crippen molar-refractivity contribution in [3.63, 3.8) is 0 Å². The molecule has 3 nitrogen and oxygen atoms in total. The average molecular weight is 265 g/mol. The first-order valence-electron chi connectivity index (χ1n) is 6.56. The van der Waals surface area contributed by atoms with E-state index in [1.54, 1.807) is 13.8 Å². The molecule has 0 unspecified atom stereocenters. The van der Waals surface area contributed by atoms with Crippen molar-refractivity contribution < 1.29 is 9.59 Å². The van der Waals surface area contributed by atoms with E-state index >= 15 is 0 Å². The largest absolute Gasteiger partial charge is 0.355 e. The van der Waals surface area contributed by atoms with Crippen molar-refractivity contribution in [2.45, 2.75) is 20.8 Å². The first kappa shape index (κ1) is 12.6. The Bertz CT molecular complexity index is 871. The summed E-state index contributed by atoms with van der Waals surface area (Å²) in [7, 11) is 0. The Labute approximate surface area is 116 Å². The number of aromatic nitrogens is 1. The van der Waals surface area contributed by atoms with Gasteiger partial charge in [0.15, 0.2) is 11.6 Å². The normalized spacial score (nSPS) is 11.2. The smallest absolute Gasteiger partial charge is 0.160 e. The Morgan fingerprint density at radius 1 is 0.950 bits per heavy atom. The predicted molar refractivity (Wildman–Crippen MR) is 80.6 cm³/mol. The van der Waals surface area contributed by atoms with Crippen LogP contribution in [-0.2, 0) is 0 Å². The number of nitrogens with one attached hydrogen (secondary N) is 1. The Balaban J connectivity index is 2.45. The molecule has 0 aliphatic carbocycles. The first-order chi connectivity index (χ1) is 9.49. The van der Waals surface area contributed by atoms with Gasteiger partial charge in [-0.05, 0) is 56.7 Å². The van der Waals surface area contributed by atoms with Gasteiger partial charge < -0.3 is 4.98 Å². The summed E-state index contributed by atoms with van der Waals surface area (Å²) in [4.78, 5) is 26.5. The summed E-state index contributed by atoms with van der Waals surface area (Å²) >= 11 is 0. The van der Waals surface area contributed by atoms with E-state index in [0.29, 0.717) is 5.56 Å². The third-order valence-electron chi connectivity index (χ3n) is 3.81. The van der Waals surface area contributed by atoms with Gasteiger partial charge >= 0.3 is 0 Å². The Kier molecular flexibility index (Phi) is 2.71. The number of H-pyrrole nitrogens is 1. The van der Waals surface area contributed by atoms with E-state index in [1.807, 2.05) is 37.3 Å². The number of rotatable bonds is 2. The molecule has 0 bridgehead atoms. The van der Waals surface area contributed by atoms with Gasteiger partial charge in [-0.1, -0.05) is 0 Å². The van der Waals surface area contributed by atoms with Crippen molar-refractivity contribution in [3.05, 3.63) is 47.0 Å². The molecule has 1 N–H and O–H groups in total. The highest BCUT2D eigenvalue weighted by Gasteiger charge is 2.13. The van der Waals surface area contributed by atoms with Crippen LogP contribution >= 0.6 is 0 Å². The van der Waals surface area contributed by atoms with E-state index in [1.165, 1.54) is 0 Å². The minimum atomic E-state index is 0.0432. The lowest BCUT2D eigenvalue weighted by atomic mass is 9.98. The molecule has 0 aliphatic heterocycles. The quantitative estimate of drug-likeness (QED) is 0.711. The van der Waals surface area contributed by atoms with Crippen molar-refractivity contribution in [1.29, 1.82) is 0 Å². The maximum Gasteiger partial charge on any atom is 0.160 e. The molecular formula is C17H15NO2. The fourth-order valence-electron chi connectivity index (χ4n) is 2.77. The second-order valence-electron chi connectivity index (χ2n) is 5.16. The van der Waals surface area contributed by atoms with Crippen LogP contribution in [0.1, 0.15) is 40.1 Å². The second-order valence-corrected chi connectivity index (χ2v) is 5.16. The Morgan fingerprint density at radius 3 is 2.30 bits per heavy atom. The summed E-state index contributed by atoms with van der Waals surface area (Å²) in [6.45, 7) is 5.08. The van der Waals surface area contributed by atoms with Gasteiger partial charge in [0.05, 0.1) is 0 Å². The summed E-state index contributed by atoms with van der Waals surface area (Å²) in [5, 5.41) is 2.02. The molecule has 20 heavy (non-hydrogen) atoms. The topological polar surface area (TPSA) is 49.9 Å². The summed E-state index contributed by atoms with van der Waals surface area (Å²) in [6, 6.07) is 9.40. The average Bonchev–Trinajstić information content (AvgIpc) is 2.76. The molecule has 0 spiro atoms. The standard InChI is InChI=1S/C17H15NO2/c1-9-13(11(3)20)5-7-16-17(9)14-8-12(10(2)19)4-6-15(14)18-16/h4-8,18H,1-3H3. The lowest BCUT2D eigenvalue weighted by Gasteiger charge is -2.04. The number of aromatic amines is 1. The summed E-state index contributed by atoms with van der Waals surface area (Å²) in [5.41, 5.74) is 4.34. The van der Waals surface area contributed by atoms with Crippen LogP contribution in [0.4, 0.5) is 0 Å². The molecule has 0 atom stereocenters. The molecule has 0 amide bonds. The molecule has 3 aromatic rings. The number of benzene rings is 2. The number of Topliss-reactive ketones (excluding diaryl/α,β-unsaturated/α-hetero) is 2. The van der Waals surface area contributed by atoms with Crippen molar-refractivity contribution in [3.8, 4) is 0 Å².